The van der Waals surface area contributed by atoms with E-state index in [2.05, 4.69) is 12.1 Å². The average molecular weight is 366 g/mol. The third-order valence-electron chi connectivity index (χ3n) is 5.07. The number of aryl methyl sites for hydroxylation is 1. The molecule has 5 rings (SSSR count). The molecule has 0 unspecified atom stereocenters. The molecule has 0 atom stereocenters. The highest BCUT2D eigenvalue weighted by Gasteiger charge is 2.22. The maximum absolute atomic E-state index is 12.9. The van der Waals surface area contributed by atoms with E-state index in [9.17, 15) is 4.79 Å². The van der Waals surface area contributed by atoms with Crippen LogP contribution in [0.1, 0.15) is 16.9 Å². The Labute approximate surface area is 161 Å². The van der Waals surface area contributed by atoms with Crippen LogP contribution in [0.15, 0.2) is 92.5 Å². The van der Waals surface area contributed by atoms with Gasteiger partial charge in [0.15, 0.2) is 5.58 Å². The predicted octanol–water partition coefficient (Wildman–Crippen LogP) is 6.11. The SMILES string of the molecule is Cc1ccc(-c2c(Cc3ccccc3)oc3c2c(=O)oc2ccccc23)cc1. The summed E-state index contributed by atoms with van der Waals surface area (Å²) >= 11 is 0. The van der Waals surface area contributed by atoms with Gasteiger partial charge in [0.05, 0.1) is 5.39 Å². The van der Waals surface area contributed by atoms with Crippen molar-refractivity contribution in [2.24, 2.45) is 0 Å². The predicted molar refractivity (Wildman–Crippen MR) is 112 cm³/mol. The molecule has 0 amide bonds. The van der Waals surface area contributed by atoms with E-state index in [4.69, 9.17) is 8.83 Å². The third-order valence-corrected chi connectivity index (χ3v) is 5.07. The fourth-order valence-corrected chi connectivity index (χ4v) is 3.69. The zero-order valence-electron chi connectivity index (χ0n) is 15.4. The van der Waals surface area contributed by atoms with Gasteiger partial charge in [-0.2, -0.15) is 0 Å². The van der Waals surface area contributed by atoms with Crippen molar-refractivity contribution in [2.75, 3.05) is 0 Å². The van der Waals surface area contributed by atoms with E-state index in [-0.39, 0.29) is 5.63 Å². The van der Waals surface area contributed by atoms with Gasteiger partial charge in [-0.3, -0.25) is 0 Å². The monoisotopic (exact) mass is 366 g/mol. The summed E-state index contributed by atoms with van der Waals surface area (Å²) < 4.78 is 11.9. The summed E-state index contributed by atoms with van der Waals surface area (Å²) in [5.74, 6) is 0.772. The first-order valence-corrected chi connectivity index (χ1v) is 9.29. The van der Waals surface area contributed by atoms with Crippen LogP contribution < -0.4 is 5.63 Å². The highest BCUT2D eigenvalue weighted by atomic mass is 16.4. The molecule has 5 aromatic rings. The fourth-order valence-electron chi connectivity index (χ4n) is 3.69. The lowest BCUT2D eigenvalue weighted by Crippen LogP contribution is -2.00. The van der Waals surface area contributed by atoms with Crippen molar-refractivity contribution in [1.29, 1.82) is 0 Å². The summed E-state index contributed by atoms with van der Waals surface area (Å²) in [7, 11) is 0. The van der Waals surface area contributed by atoms with Crippen LogP contribution >= 0.6 is 0 Å². The van der Waals surface area contributed by atoms with Crippen molar-refractivity contribution in [2.45, 2.75) is 13.3 Å². The summed E-state index contributed by atoms with van der Waals surface area (Å²) in [6.07, 6.45) is 0.604. The van der Waals surface area contributed by atoms with Crippen molar-refractivity contribution < 1.29 is 8.83 Å². The van der Waals surface area contributed by atoms with Crippen LogP contribution in [-0.4, -0.2) is 0 Å². The minimum absolute atomic E-state index is 0.368. The van der Waals surface area contributed by atoms with Crippen LogP contribution in [0, 0.1) is 6.92 Å². The van der Waals surface area contributed by atoms with E-state index in [0.717, 1.165) is 27.8 Å². The van der Waals surface area contributed by atoms with Gasteiger partial charge in [0, 0.05) is 12.0 Å². The molecule has 28 heavy (non-hydrogen) atoms. The van der Waals surface area contributed by atoms with Crippen molar-refractivity contribution in [3.8, 4) is 11.1 Å². The first-order chi connectivity index (χ1) is 13.7. The molecule has 3 nitrogen and oxygen atoms in total. The zero-order chi connectivity index (χ0) is 19.1. The second-order valence-corrected chi connectivity index (χ2v) is 7.02. The number of fused-ring (bicyclic) bond motifs is 3. The molecule has 0 fully saturated rings. The van der Waals surface area contributed by atoms with Gasteiger partial charge in [0.25, 0.3) is 0 Å². The van der Waals surface area contributed by atoms with E-state index in [0.29, 0.717) is 23.0 Å². The topological polar surface area (TPSA) is 43.4 Å². The molecule has 0 saturated carbocycles. The van der Waals surface area contributed by atoms with E-state index >= 15 is 0 Å². The standard InChI is InChI=1S/C25H18O3/c1-16-11-13-18(14-12-16)22-21(15-17-7-3-2-4-8-17)27-24-19-9-5-6-10-20(19)28-25(26)23(22)24/h2-14H,15H2,1H3. The first-order valence-electron chi connectivity index (χ1n) is 9.29. The van der Waals surface area contributed by atoms with Crippen LogP contribution in [0.2, 0.25) is 0 Å². The third kappa shape index (κ3) is 2.72. The maximum atomic E-state index is 12.9. The zero-order valence-corrected chi connectivity index (χ0v) is 15.4. The lowest BCUT2D eigenvalue weighted by molar-refractivity contribution is 0.553. The Morgan fingerprint density at radius 1 is 0.786 bits per heavy atom. The Morgan fingerprint density at radius 2 is 1.50 bits per heavy atom. The van der Waals surface area contributed by atoms with Gasteiger partial charge in [-0.1, -0.05) is 72.3 Å². The number of rotatable bonds is 3. The van der Waals surface area contributed by atoms with Gasteiger partial charge in [-0.25, -0.2) is 4.79 Å². The molecule has 2 heterocycles. The van der Waals surface area contributed by atoms with Gasteiger partial charge >= 0.3 is 5.63 Å². The quantitative estimate of drug-likeness (QED) is 0.362. The number of hydrogen-bond donors (Lipinski definition) is 0. The fraction of sp³-hybridized carbons (Fsp3) is 0.0800. The number of benzene rings is 3. The second-order valence-electron chi connectivity index (χ2n) is 7.02. The highest BCUT2D eigenvalue weighted by molar-refractivity contribution is 6.07. The van der Waals surface area contributed by atoms with Gasteiger partial charge in [-0.05, 0) is 30.2 Å². The minimum atomic E-state index is -0.368. The van der Waals surface area contributed by atoms with Crippen molar-refractivity contribution in [3.63, 3.8) is 0 Å². The molecule has 0 aliphatic carbocycles. The molecule has 3 heteroatoms. The molecule has 2 aromatic heterocycles. The Hall–Kier alpha value is -3.59. The van der Waals surface area contributed by atoms with Crippen LogP contribution in [0.4, 0.5) is 0 Å². The maximum Gasteiger partial charge on any atom is 0.348 e. The van der Waals surface area contributed by atoms with Crippen molar-refractivity contribution >= 4 is 21.9 Å². The van der Waals surface area contributed by atoms with E-state index in [1.807, 2.05) is 67.6 Å². The molecular formula is C25H18O3. The van der Waals surface area contributed by atoms with Crippen molar-refractivity contribution in [1.82, 2.24) is 0 Å². The molecular weight excluding hydrogens is 348 g/mol. The number of para-hydroxylation sites is 1. The molecule has 0 bridgehead atoms. The summed E-state index contributed by atoms with van der Waals surface area (Å²) in [6.45, 7) is 2.05. The lowest BCUT2D eigenvalue weighted by atomic mass is 9.98. The van der Waals surface area contributed by atoms with E-state index in [1.54, 1.807) is 6.07 Å². The minimum Gasteiger partial charge on any atom is -0.459 e. The Morgan fingerprint density at radius 3 is 2.29 bits per heavy atom. The smallest absolute Gasteiger partial charge is 0.348 e. The number of furan rings is 1. The van der Waals surface area contributed by atoms with Gasteiger partial charge in [-0.15, -0.1) is 0 Å². The summed E-state index contributed by atoms with van der Waals surface area (Å²) in [6, 6.07) is 25.8. The van der Waals surface area contributed by atoms with Crippen molar-refractivity contribution in [3.05, 3.63) is 106 Å². The lowest BCUT2D eigenvalue weighted by Gasteiger charge is -2.04. The van der Waals surface area contributed by atoms with E-state index < -0.39 is 0 Å². The van der Waals surface area contributed by atoms with Gasteiger partial charge in [0.1, 0.15) is 16.7 Å². The Bertz CT molecular complexity index is 1340. The molecule has 0 N–H and O–H groups in total. The molecule has 0 aliphatic rings. The van der Waals surface area contributed by atoms with Crippen LogP contribution in [0.5, 0.6) is 0 Å². The van der Waals surface area contributed by atoms with E-state index in [1.165, 1.54) is 5.56 Å². The molecule has 0 radical (unpaired) electrons. The first kappa shape index (κ1) is 16.6. The summed E-state index contributed by atoms with van der Waals surface area (Å²) in [5, 5.41) is 1.32. The van der Waals surface area contributed by atoms with Crippen LogP contribution in [0.25, 0.3) is 33.1 Å². The van der Waals surface area contributed by atoms with Gasteiger partial charge in [0.2, 0.25) is 0 Å². The molecule has 0 spiro atoms. The van der Waals surface area contributed by atoms with Gasteiger partial charge < -0.3 is 8.83 Å². The van der Waals surface area contributed by atoms with Crippen LogP contribution in [-0.2, 0) is 6.42 Å². The summed E-state index contributed by atoms with van der Waals surface area (Å²) in [5.41, 5.74) is 4.83. The Kier molecular flexibility index (Phi) is 3.87. The van der Waals surface area contributed by atoms with Crippen LogP contribution in [0.3, 0.4) is 0 Å². The normalized spacial score (nSPS) is 11.3. The largest absolute Gasteiger partial charge is 0.459 e. The molecule has 0 aliphatic heterocycles. The molecule has 0 saturated heterocycles. The highest BCUT2D eigenvalue weighted by Crippen LogP contribution is 2.37. The number of hydrogen-bond acceptors (Lipinski definition) is 3. The average Bonchev–Trinajstić information content (AvgIpc) is 3.09. The molecule has 136 valence electrons. The second kappa shape index (κ2) is 6.54. The summed E-state index contributed by atoms with van der Waals surface area (Å²) in [4.78, 5) is 12.9. The molecule has 3 aromatic carbocycles. The Balaban J connectivity index is 1.85.